The van der Waals surface area contributed by atoms with E-state index in [1.807, 2.05) is 32.9 Å². The summed E-state index contributed by atoms with van der Waals surface area (Å²) >= 11 is 0. The molecule has 104 valence electrons. The molecule has 0 aromatic heterocycles. The van der Waals surface area contributed by atoms with Gasteiger partial charge in [-0.2, -0.15) is 0 Å². The molecular formula is C15H21NO2S. The zero-order chi connectivity index (χ0) is 14.3. The summed E-state index contributed by atoms with van der Waals surface area (Å²) in [5.41, 5.74) is 1.05. The standard InChI is InChI=1S/C15H21NO2S/c1-4-6-14(11-12-16-5-2)19(17,18)15-9-7-13(3)8-10-15/h7-10,14,16H,4-6H2,1-3H3. The first-order chi connectivity index (χ1) is 9.02. The van der Waals surface area contributed by atoms with Crippen LogP contribution in [0.2, 0.25) is 0 Å². The van der Waals surface area contributed by atoms with Crippen molar-refractivity contribution in [3.05, 3.63) is 29.8 Å². The van der Waals surface area contributed by atoms with Crippen LogP contribution < -0.4 is 5.32 Å². The molecule has 0 bridgehead atoms. The SMILES string of the molecule is CCCC(C#CNCC)S(=O)(=O)c1ccc(C)cc1. The summed E-state index contributed by atoms with van der Waals surface area (Å²) in [6, 6.07) is 9.66. The Bertz CT molecular complexity index is 550. The highest BCUT2D eigenvalue weighted by molar-refractivity contribution is 7.92. The van der Waals surface area contributed by atoms with Gasteiger partial charge in [-0.25, -0.2) is 8.42 Å². The van der Waals surface area contributed by atoms with E-state index in [1.54, 1.807) is 12.1 Å². The highest BCUT2D eigenvalue weighted by Crippen LogP contribution is 2.19. The molecule has 1 N–H and O–H groups in total. The summed E-state index contributed by atoms with van der Waals surface area (Å²) in [6.45, 7) is 6.53. The molecule has 1 rings (SSSR count). The van der Waals surface area contributed by atoms with Crippen LogP contribution in [-0.4, -0.2) is 20.2 Å². The molecule has 1 atom stereocenters. The maximum absolute atomic E-state index is 12.5. The van der Waals surface area contributed by atoms with Crippen molar-refractivity contribution in [2.45, 2.75) is 43.8 Å². The molecule has 0 radical (unpaired) electrons. The van der Waals surface area contributed by atoms with E-state index in [1.165, 1.54) is 0 Å². The van der Waals surface area contributed by atoms with Crippen molar-refractivity contribution in [3.63, 3.8) is 0 Å². The van der Waals surface area contributed by atoms with Crippen LogP contribution >= 0.6 is 0 Å². The van der Waals surface area contributed by atoms with Crippen LogP contribution in [0.5, 0.6) is 0 Å². The molecule has 0 amide bonds. The van der Waals surface area contributed by atoms with Crippen LogP contribution in [0.15, 0.2) is 29.2 Å². The Hall–Kier alpha value is -1.47. The monoisotopic (exact) mass is 279 g/mol. The number of sulfone groups is 1. The maximum atomic E-state index is 12.5. The van der Waals surface area contributed by atoms with Gasteiger partial charge >= 0.3 is 0 Å². The minimum Gasteiger partial charge on any atom is -0.346 e. The average Bonchev–Trinajstić information content (AvgIpc) is 2.38. The number of rotatable bonds is 5. The summed E-state index contributed by atoms with van der Waals surface area (Å²) in [4.78, 5) is 0.349. The zero-order valence-electron chi connectivity index (χ0n) is 11.7. The van der Waals surface area contributed by atoms with Crippen LogP contribution in [0.3, 0.4) is 0 Å². The van der Waals surface area contributed by atoms with Gasteiger partial charge < -0.3 is 5.32 Å². The van der Waals surface area contributed by atoms with E-state index >= 15 is 0 Å². The molecule has 3 nitrogen and oxygen atoms in total. The number of hydrogen-bond acceptors (Lipinski definition) is 3. The Kier molecular flexibility index (Phi) is 5.91. The first kappa shape index (κ1) is 15.6. The van der Waals surface area contributed by atoms with Gasteiger partial charge in [0.15, 0.2) is 9.84 Å². The fourth-order valence-corrected chi connectivity index (χ4v) is 3.28. The molecule has 0 spiro atoms. The van der Waals surface area contributed by atoms with Gasteiger partial charge in [0.1, 0.15) is 5.25 Å². The third-order valence-corrected chi connectivity index (χ3v) is 4.81. The molecule has 1 aromatic rings. The molecule has 0 saturated carbocycles. The average molecular weight is 279 g/mol. The predicted octanol–water partition coefficient (Wildman–Crippen LogP) is 2.51. The van der Waals surface area contributed by atoms with Crippen molar-refractivity contribution >= 4 is 9.84 Å². The minimum absolute atomic E-state index is 0.349. The molecule has 19 heavy (non-hydrogen) atoms. The van der Waals surface area contributed by atoms with Crippen molar-refractivity contribution in [1.29, 1.82) is 0 Å². The third-order valence-electron chi connectivity index (χ3n) is 2.77. The Balaban J connectivity index is 3.06. The summed E-state index contributed by atoms with van der Waals surface area (Å²) in [5.74, 6) is 2.83. The van der Waals surface area contributed by atoms with Gasteiger partial charge in [-0.3, -0.25) is 0 Å². The maximum Gasteiger partial charge on any atom is 0.192 e. The number of nitrogens with one attached hydrogen (secondary N) is 1. The topological polar surface area (TPSA) is 46.2 Å². The van der Waals surface area contributed by atoms with Crippen molar-refractivity contribution in [1.82, 2.24) is 5.32 Å². The molecule has 0 aliphatic rings. The quantitative estimate of drug-likeness (QED) is 0.665. The first-order valence-corrected chi connectivity index (χ1v) is 8.11. The second kappa shape index (κ2) is 7.20. The molecule has 0 heterocycles. The van der Waals surface area contributed by atoms with E-state index in [4.69, 9.17) is 0 Å². The molecule has 0 saturated heterocycles. The number of aryl methyl sites for hydroxylation is 1. The smallest absolute Gasteiger partial charge is 0.192 e. The van der Waals surface area contributed by atoms with Gasteiger partial charge in [-0.05, 0) is 32.4 Å². The van der Waals surface area contributed by atoms with Gasteiger partial charge in [0, 0.05) is 12.6 Å². The highest BCUT2D eigenvalue weighted by Gasteiger charge is 2.24. The van der Waals surface area contributed by atoms with E-state index in [-0.39, 0.29) is 0 Å². The number of hydrogen-bond donors (Lipinski definition) is 1. The Morgan fingerprint density at radius 1 is 1.21 bits per heavy atom. The normalized spacial score (nSPS) is 12.4. The lowest BCUT2D eigenvalue weighted by Crippen LogP contribution is -2.20. The lowest BCUT2D eigenvalue weighted by atomic mass is 10.2. The van der Waals surface area contributed by atoms with E-state index in [0.29, 0.717) is 17.9 Å². The van der Waals surface area contributed by atoms with Crippen molar-refractivity contribution < 1.29 is 8.42 Å². The molecule has 0 aliphatic carbocycles. The summed E-state index contributed by atoms with van der Waals surface area (Å²) in [7, 11) is -3.37. The molecule has 1 aromatic carbocycles. The highest BCUT2D eigenvalue weighted by atomic mass is 32.2. The Labute approximate surface area is 116 Å². The van der Waals surface area contributed by atoms with Crippen LogP contribution in [0.4, 0.5) is 0 Å². The second-order valence-corrected chi connectivity index (χ2v) is 6.57. The summed E-state index contributed by atoms with van der Waals surface area (Å²) in [5, 5.41) is 2.20. The van der Waals surface area contributed by atoms with Gasteiger partial charge in [0.25, 0.3) is 0 Å². The largest absolute Gasteiger partial charge is 0.346 e. The molecule has 0 aliphatic heterocycles. The van der Waals surface area contributed by atoms with E-state index in [9.17, 15) is 8.42 Å². The van der Waals surface area contributed by atoms with Gasteiger partial charge in [0.05, 0.1) is 4.90 Å². The first-order valence-electron chi connectivity index (χ1n) is 6.56. The summed E-state index contributed by atoms with van der Waals surface area (Å²) in [6.07, 6.45) is 1.34. The van der Waals surface area contributed by atoms with Crippen molar-refractivity contribution in [2.75, 3.05) is 6.54 Å². The van der Waals surface area contributed by atoms with Crippen LogP contribution in [-0.2, 0) is 9.84 Å². The lowest BCUT2D eigenvalue weighted by molar-refractivity contribution is 0.584. The molecular weight excluding hydrogens is 258 g/mol. The fourth-order valence-electron chi connectivity index (χ4n) is 1.68. The van der Waals surface area contributed by atoms with Crippen LogP contribution in [0.1, 0.15) is 32.3 Å². The van der Waals surface area contributed by atoms with Crippen LogP contribution in [0, 0.1) is 18.9 Å². The van der Waals surface area contributed by atoms with Gasteiger partial charge in [-0.1, -0.05) is 37.0 Å². The Morgan fingerprint density at radius 3 is 2.37 bits per heavy atom. The van der Waals surface area contributed by atoms with Gasteiger partial charge in [0.2, 0.25) is 0 Å². The third kappa shape index (κ3) is 4.29. The second-order valence-electron chi connectivity index (χ2n) is 4.44. The number of benzene rings is 1. The predicted molar refractivity (Wildman–Crippen MR) is 78.5 cm³/mol. The Morgan fingerprint density at radius 2 is 1.84 bits per heavy atom. The van der Waals surface area contributed by atoms with E-state index in [2.05, 4.69) is 17.3 Å². The van der Waals surface area contributed by atoms with E-state index < -0.39 is 15.1 Å². The molecule has 4 heteroatoms. The minimum atomic E-state index is -3.37. The molecule has 0 fully saturated rings. The van der Waals surface area contributed by atoms with Crippen molar-refractivity contribution in [3.8, 4) is 12.0 Å². The zero-order valence-corrected chi connectivity index (χ0v) is 12.5. The van der Waals surface area contributed by atoms with Crippen molar-refractivity contribution in [2.24, 2.45) is 0 Å². The van der Waals surface area contributed by atoms with Crippen LogP contribution in [0.25, 0.3) is 0 Å². The van der Waals surface area contributed by atoms with Gasteiger partial charge in [-0.15, -0.1) is 0 Å². The molecule has 1 unspecified atom stereocenters. The fraction of sp³-hybridized carbons (Fsp3) is 0.467. The summed E-state index contributed by atoms with van der Waals surface area (Å²) < 4.78 is 25.0. The van der Waals surface area contributed by atoms with E-state index in [0.717, 1.165) is 12.0 Å². The lowest BCUT2D eigenvalue weighted by Gasteiger charge is -2.11.